The average molecular weight is 641 g/mol. The summed E-state index contributed by atoms with van der Waals surface area (Å²) < 4.78 is 36.4. The lowest BCUT2D eigenvalue weighted by Crippen LogP contribution is -2.50. The predicted octanol–water partition coefficient (Wildman–Crippen LogP) is 4.95. The summed E-state index contributed by atoms with van der Waals surface area (Å²) in [6, 6.07) is 14.4. The van der Waals surface area contributed by atoms with Crippen LogP contribution in [0.5, 0.6) is 0 Å². The third-order valence-electron chi connectivity index (χ3n) is 6.15. The largest absolute Gasteiger partial charge is 0.472 e. The number of nitro benzene ring substituents is 1. The van der Waals surface area contributed by atoms with Crippen molar-refractivity contribution in [3.63, 3.8) is 0 Å². The lowest BCUT2D eigenvalue weighted by molar-refractivity contribution is -0.384. The average Bonchev–Trinajstić information content (AvgIpc) is 3.45. The van der Waals surface area contributed by atoms with Gasteiger partial charge in [-0.1, -0.05) is 49.4 Å². The summed E-state index contributed by atoms with van der Waals surface area (Å²) in [7, 11) is -4.72. The van der Waals surface area contributed by atoms with E-state index < -0.39 is 43.7 Å². The van der Waals surface area contributed by atoms with E-state index in [1.54, 1.807) is 12.1 Å². The smallest absolute Gasteiger partial charge is 0.444 e. The number of phosphoric ester groups is 1. The second-order valence-corrected chi connectivity index (χ2v) is 12.8. The molecule has 2 aromatic rings. The molecule has 0 aromatic heterocycles. The number of amides is 1. The Kier molecular flexibility index (Phi) is 14.0. The number of hydrogen-bond acceptors (Lipinski definition) is 12. The molecule has 0 saturated carbocycles. The molecule has 1 amide bonds. The molecule has 2 N–H and O–H groups in total. The number of carbonyl (C=O) groups excluding carboxylic acids is 1. The Morgan fingerprint density at radius 1 is 1.23 bits per heavy atom. The number of nitrogens with one attached hydrogen (secondary N) is 1. The van der Waals surface area contributed by atoms with Crippen LogP contribution >= 0.6 is 19.8 Å². The van der Waals surface area contributed by atoms with E-state index in [2.05, 4.69) is 10.5 Å². The van der Waals surface area contributed by atoms with E-state index >= 15 is 0 Å². The molecule has 1 aliphatic rings. The van der Waals surface area contributed by atoms with Crippen molar-refractivity contribution >= 4 is 31.6 Å². The minimum Gasteiger partial charge on any atom is -0.444 e. The maximum Gasteiger partial charge on any atom is 0.472 e. The lowest BCUT2D eigenvalue weighted by atomic mass is 10.0. The van der Waals surface area contributed by atoms with Gasteiger partial charge >= 0.3 is 13.9 Å². The maximum absolute atomic E-state index is 13.0. The van der Waals surface area contributed by atoms with Crippen molar-refractivity contribution in [3.8, 4) is 0 Å². The minimum atomic E-state index is -4.72. The highest BCUT2D eigenvalue weighted by molar-refractivity contribution is 7.97. The van der Waals surface area contributed by atoms with Crippen LogP contribution in [0.15, 0.2) is 64.7 Å². The quantitative estimate of drug-likeness (QED) is 0.0560. The second kappa shape index (κ2) is 17.4. The van der Waals surface area contributed by atoms with Crippen LogP contribution in [-0.4, -0.2) is 77.9 Å². The van der Waals surface area contributed by atoms with Gasteiger partial charge in [0.05, 0.1) is 30.8 Å². The Morgan fingerprint density at radius 3 is 2.56 bits per heavy atom. The number of hydrogen-bond donors (Lipinski definition) is 2. The van der Waals surface area contributed by atoms with Gasteiger partial charge in [-0.05, 0) is 42.0 Å². The molecule has 0 aliphatic carbocycles. The number of nitrogens with zero attached hydrogens (tertiary/aromatic N) is 3. The summed E-state index contributed by atoms with van der Waals surface area (Å²) >= 11 is 1.28. The molecule has 16 heteroatoms. The van der Waals surface area contributed by atoms with Crippen molar-refractivity contribution in [2.75, 3.05) is 39.5 Å². The van der Waals surface area contributed by atoms with Crippen LogP contribution < -0.4 is 5.32 Å². The van der Waals surface area contributed by atoms with Crippen LogP contribution in [0.4, 0.5) is 10.5 Å². The fourth-order valence-corrected chi connectivity index (χ4v) is 6.33. The summed E-state index contributed by atoms with van der Waals surface area (Å²) in [5, 5.41) is 16.6. The van der Waals surface area contributed by atoms with Crippen LogP contribution in [0.25, 0.3) is 0 Å². The molecule has 1 heterocycles. The van der Waals surface area contributed by atoms with Gasteiger partial charge in [-0.25, -0.2) is 13.7 Å². The van der Waals surface area contributed by atoms with Gasteiger partial charge in [-0.2, -0.15) is 4.91 Å². The third kappa shape index (κ3) is 12.7. The topological polar surface area (TPSA) is 179 Å². The van der Waals surface area contributed by atoms with Gasteiger partial charge in [0.2, 0.25) is 0 Å². The highest BCUT2D eigenvalue weighted by Crippen LogP contribution is 2.45. The van der Waals surface area contributed by atoms with Gasteiger partial charge in [0.25, 0.3) is 5.69 Å². The summed E-state index contributed by atoms with van der Waals surface area (Å²) in [5.74, 6) is 0.148. The highest BCUT2D eigenvalue weighted by Gasteiger charge is 2.36. The first-order valence-corrected chi connectivity index (χ1v) is 16.0. The van der Waals surface area contributed by atoms with Crippen molar-refractivity contribution in [2.45, 2.75) is 49.8 Å². The lowest BCUT2D eigenvalue weighted by Gasteiger charge is -2.33. The minimum absolute atomic E-state index is 0.0317. The number of ether oxygens (including phenoxy) is 2. The van der Waals surface area contributed by atoms with Crippen molar-refractivity contribution in [3.05, 3.63) is 75.2 Å². The molecule has 1 aliphatic heterocycles. The molecule has 0 bridgehead atoms. The van der Waals surface area contributed by atoms with E-state index in [0.29, 0.717) is 24.5 Å². The van der Waals surface area contributed by atoms with Crippen molar-refractivity contribution in [2.24, 2.45) is 11.1 Å². The molecule has 1 fully saturated rings. The third-order valence-corrected chi connectivity index (χ3v) is 8.24. The monoisotopic (exact) mass is 640 g/mol. The number of phosphoric acid groups is 1. The Morgan fingerprint density at radius 2 is 1.95 bits per heavy atom. The number of benzene rings is 2. The number of non-ortho nitro benzene ring substituents is 1. The van der Waals surface area contributed by atoms with Gasteiger partial charge < -0.3 is 19.7 Å². The van der Waals surface area contributed by atoms with Gasteiger partial charge in [0, 0.05) is 36.5 Å². The molecule has 2 aromatic carbocycles. The van der Waals surface area contributed by atoms with Crippen molar-refractivity contribution in [1.82, 2.24) is 9.62 Å². The van der Waals surface area contributed by atoms with Crippen LogP contribution in [0, 0.1) is 20.9 Å². The van der Waals surface area contributed by atoms with Gasteiger partial charge in [-0.15, -0.1) is 0 Å². The van der Waals surface area contributed by atoms with Gasteiger partial charge in [0.15, 0.2) is 0 Å². The standard InChI is InChI=1S/C27H37N4O10PS/c1-20(2)17-30(43-24-10-8-22(9-11-24)31(34)35)18-26(41-42(36,37)39-15-13-28-33)25(16-21-6-4-3-5-7-21)29-27(32)40-23-12-14-38-19-23/h3-11,20,23,25-26H,12-19H2,1-2H3,(H,29,32)(H,36,37)/t23-,25-,26+/m0/s1. The zero-order valence-electron chi connectivity index (χ0n) is 24.0. The number of alkyl carbamates (subject to hydrolysis) is 1. The van der Waals surface area contributed by atoms with Crippen LogP contribution in [0.3, 0.4) is 0 Å². The summed E-state index contributed by atoms with van der Waals surface area (Å²) in [4.78, 5) is 45.4. The van der Waals surface area contributed by atoms with E-state index in [9.17, 15) is 29.3 Å². The van der Waals surface area contributed by atoms with Crippen molar-refractivity contribution in [1.29, 1.82) is 0 Å². The number of carbonyl (C=O) groups is 1. The molecular weight excluding hydrogens is 603 g/mol. The number of rotatable bonds is 18. The fraction of sp³-hybridized carbons (Fsp3) is 0.519. The first-order chi connectivity index (χ1) is 20.5. The van der Waals surface area contributed by atoms with E-state index in [4.69, 9.17) is 18.5 Å². The highest BCUT2D eigenvalue weighted by atomic mass is 32.2. The molecule has 0 radical (unpaired) electrons. The summed E-state index contributed by atoms with van der Waals surface area (Å²) in [6.45, 7) is 4.47. The van der Waals surface area contributed by atoms with Crippen molar-refractivity contribution < 1.29 is 37.7 Å². The van der Waals surface area contributed by atoms with E-state index in [1.165, 1.54) is 24.1 Å². The van der Waals surface area contributed by atoms with Gasteiger partial charge in [-0.3, -0.25) is 19.2 Å². The molecule has 4 atom stereocenters. The maximum atomic E-state index is 13.0. The molecule has 0 spiro atoms. The molecule has 1 saturated heterocycles. The zero-order valence-corrected chi connectivity index (χ0v) is 25.7. The summed E-state index contributed by atoms with van der Waals surface area (Å²) in [6.07, 6.45) is -1.50. The molecule has 14 nitrogen and oxygen atoms in total. The molecule has 43 heavy (non-hydrogen) atoms. The fourth-order valence-electron chi connectivity index (χ4n) is 4.25. The summed E-state index contributed by atoms with van der Waals surface area (Å²) in [5.41, 5.74) is 0.769. The normalized spacial score (nSPS) is 17.7. The molecular formula is C27H37N4O10PS. The molecule has 236 valence electrons. The zero-order chi connectivity index (χ0) is 31.2. The van der Waals surface area contributed by atoms with E-state index in [0.717, 1.165) is 5.56 Å². The van der Waals surface area contributed by atoms with Gasteiger partial charge in [0.1, 0.15) is 18.8 Å². The molecule has 3 rings (SSSR count). The van der Waals surface area contributed by atoms with E-state index in [-0.39, 0.29) is 37.7 Å². The SMILES string of the molecule is CC(C)CN(C[C@@H](OP(=O)(O)OCCN=O)[C@H](Cc1ccccc1)NC(=O)O[C@H]1CCOC1)Sc1ccc([N+](=O)[O-])cc1. The Hall–Kier alpha value is -2.91. The second-order valence-electron chi connectivity index (χ2n) is 10.2. The van der Waals surface area contributed by atoms with Crippen LogP contribution in [0.2, 0.25) is 0 Å². The Labute approximate surface area is 254 Å². The predicted molar refractivity (Wildman–Crippen MR) is 159 cm³/mol. The number of nitro groups is 1. The van der Waals surface area contributed by atoms with Crippen LogP contribution in [-0.2, 0) is 29.5 Å². The molecule has 1 unspecified atom stereocenters. The number of nitroso groups, excluding NO2 is 1. The first kappa shape index (κ1) is 34.6. The van der Waals surface area contributed by atoms with Crippen LogP contribution in [0.1, 0.15) is 25.8 Å². The van der Waals surface area contributed by atoms with E-state index in [1.807, 2.05) is 48.5 Å². The Balaban J connectivity index is 1.91. The Bertz CT molecular complexity index is 1220. The first-order valence-electron chi connectivity index (χ1n) is 13.8.